The monoisotopic (exact) mass is 189 g/mol. The molecule has 0 heterocycles. The molecule has 0 fully saturated rings. The van der Waals surface area contributed by atoms with E-state index in [-0.39, 0.29) is 5.60 Å². The van der Waals surface area contributed by atoms with Crippen molar-refractivity contribution in [3.8, 4) is 0 Å². The zero-order chi connectivity index (χ0) is 10.2. The normalized spacial score (nSPS) is 12.0. The lowest BCUT2D eigenvalue weighted by atomic mass is 10.1. The summed E-state index contributed by atoms with van der Waals surface area (Å²) < 4.78 is 10.5. The number of hydrogen-bond acceptors (Lipinski definition) is 3. The molecule has 0 aromatic rings. The molecule has 0 amide bonds. The molecule has 0 unspecified atom stereocenters. The largest absolute Gasteiger partial charge is 0.385 e. The van der Waals surface area contributed by atoms with Gasteiger partial charge in [-0.3, -0.25) is 0 Å². The van der Waals surface area contributed by atoms with Crippen LogP contribution in [0, 0.1) is 0 Å². The summed E-state index contributed by atoms with van der Waals surface area (Å²) >= 11 is 0. The highest BCUT2D eigenvalue weighted by atomic mass is 16.5. The average Bonchev–Trinajstić information content (AvgIpc) is 2.04. The topological polar surface area (TPSA) is 30.5 Å². The molecule has 0 aliphatic rings. The SMILES string of the molecule is CCOC(C)(C)CNCCCOC. The Morgan fingerprint density at radius 3 is 2.54 bits per heavy atom. The first kappa shape index (κ1) is 12.9. The van der Waals surface area contributed by atoms with Gasteiger partial charge in [0.2, 0.25) is 0 Å². The molecule has 0 saturated heterocycles. The first-order valence-electron chi connectivity index (χ1n) is 4.96. The fourth-order valence-electron chi connectivity index (χ4n) is 1.17. The number of nitrogens with one attached hydrogen (secondary N) is 1. The van der Waals surface area contributed by atoms with E-state index in [2.05, 4.69) is 19.2 Å². The van der Waals surface area contributed by atoms with E-state index in [1.54, 1.807) is 7.11 Å². The van der Waals surface area contributed by atoms with Gasteiger partial charge in [0.05, 0.1) is 5.60 Å². The van der Waals surface area contributed by atoms with E-state index in [4.69, 9.17) is 9.47 Å². The Kier molecular flexibility index (Phi) is 7.23. The van der Waals surface area contributed by atoms with Crippen LogP contribution >= 0.6 is 0 Å². The number of methoxy groups -OCH3 is 1. The average molecular weight is 189 g/mol. The number of hydrogen-bond donors (Lipinski definition) is 1. The molecule has 1 N–H and O–H groups in total. The predicted octanol–water partition coefficient (Wildman–Crippen LogP) is 1.43. The molecule has 3 nitrogen and oxygen atoms in total. The highest BCUT2D eigenvalue weighted by Crippen LogP contribution is 2.06. The summed E-state index contributed by atoms with van der Waals surface area (Å²) in [6, 6.07) is 0. The number of rotatable bonds is 8. The van der Waals surface area contributed by atoms with Crippen molar-refractivity contribution in [3.63, 3.8) is 0 Å². The van der Waals surface area contributed by atoms with Crippen molar-refractivity contribution in [2.75, 3.05) is 33.4 Å². The Balaban J connectivity index is 3.29. The third kappa shape index (κ3) is 8.22. The Morgan fingerprint density at radius 2 is 2.00 bits per heavy atom. The van der Waals surface area contributed by atoms with Crippen LogP contribution in [0.3, 0.4) is 0 Å². The maximum absolute atomic E-state index is 5.54. The molecule has 0 rings (SSSR count). The molecule has 0 aliphatic heterocycles. The van der Waals surface area contributed by atoms with Crippen LogP contribution in [-0.2, 0) is 9.47 Å². The molecule has 0 atom stereocenters. The molecule has 80 valence electrons. The van der Waals surface area contributed by atoms with Gasteiger partial charge in [-0.15, -0.1) is 0 Å². The second kappa shape index (κ2) is 7.30. The maximum Gasteiger partial charge on any atom is 0.0750 e. The van der Waals surface area contributed by atoms with Crippen molar-refractivity contribution >= 4 is 0 Å². The van der Waals surface area contributed by atoms with Crippen LogP contribution in [0.15, 0.2) is 0 Å². The van der Waals surface area contributed by atoms with Gasteiger partial charge in [0.1, 0.15) is 0 Å². The van der Waals surface area contributed by atoms with Gasteiger partial charge in [0.15, 0.2) is 0 Å². The second-order valence-corrected chi connectivity index (χ2v) is 3.72. The van der Waals surface area contributed by atoms with Crippen molar-refractivity contribution in [1.29, 1.82) is 0 Å². The lowest BCUT2D eigenvalue weighted by Crippen LogP contribution is -2.38. The summed E-state index contributed by atoms with van der Waals surface area (Å²) in [5.41, 5.74) is -0.0537. The van der Waals surface area contributed by atoms with Crippen LogP contribution in [0.2, 0.25) is 0 Å². The van der Waals surface area contributed by atoms with E-state index in [1.165, 1.54) is 0 Å². The molecule has 0 saturated carbocycles. The molecular weight excluding hydrogens is 166 g/mol. The summed E-state index contributed by atoms with van der Waals surface area (Å²) in [5, 5.41) is 3.34. The van der Waals surface area contributed by atoms with Crippen LogP contribution in [-0.4, -0.2) is 39.0 Å². The van der Waals surface area contributed by atoms with Gasteiger partial charge < -0.3 is 14.8 Å². The van der Waals surface area contributed by atoms with Gasteiger partial charge >= 0.3 is 0 Å². The van der Waals surface area contributed by atoms with E-state index in [9.17, 15) is 0 Å². The summed E-state index contributed by atoms with van der Waals surface area (Å²) in [7, 11) is 1.73. The fraction of sp³-hybridized carbons (Fsp3) is 1.00. The molecule has 0 aromatic heterocycles. The van der Waals surface area contributed by atoms with Crippen LogP contribution in [0.4, 0.5) is 0 Å². The standard InChI is InChI=1S/C10H23NO2/c1-5-13-10(2,3)9-11-7-6-8-12-4/h11H,5-9H2,1-4H3. The molecule has 0 radical (unpaired) electrons. The Bertz CT molecular complexity index is 115. The van der Waals surface area contributed by atoms with Crippen molar-refractivity contribution in [3.05, 3.63) is 0 Å². The minimum Gasteiger partial charge on any atom is -0.385 e. The second-order valence-electron chi connectivity index (χ2n) is 3.72. The lowest BCUT2D eigenvalue weighted by molar-refractivity contribution is -0.00888. The van der Waals surface area contributed by atoms with Gasteiger partial charge in [-0.2, -0.15) is 0 Å². The minimum absolute atomic E-state index is 0.0537. The van der Waals surface area contributed by atoms with Crippen LogP contribution < -0.4 is 5.32 Å². The molecule has 0 aliphatic carbocycles. The van der Waals surface area contributed by atoms with E-state index >= 15 is 0 Å². The highest BCUT2D eigenvalue weighted by Gasteiger charge is 2.15. The zero-order valence-electron chi connectivity index (χ0n) is 9.35. The minimum atomic E-state index is -0.0537. The van der Waals surface area contributed by atoms with Gasteiger partial charge in [-0.05, 0) is 33.7 Å². The Labute approximate surface area is 81.8 Å². The molecule has 3 heteroatoms. The summed E-state index contributed by atoms with van der Waals surface area (Å²) in [4.78, 5) is 0. The maximum atomic E-state index is 5.54. The fourth-order valence-corrected chi connectivity index (χ4v) is 1.17. The van der Waals surface area contributed by atoms with Crippen LogP contribution in [0.25, 0.3) is 0 Å². The summed E-state index contributed by atoms with van der Waals surface area (Å²) in [6.45, 7) is 9.69. The molecule has 13 heavy (non-hydrogen) atoms. The van der Waals surface area contributed by atoms with E-state index < -0.39 is 0 Å². The molecule has 0 aromatic carbocycles. The van der Waals surface area contributed by atoms with Gasteiger partial charge in [0, 0.05) is 26.9 Å². The zero-order valence-corrected chi connectivity index (χ0v) is 9.35. The third-order valence-electron chi connectivity index (χ3n) is 1.79. The number of ether oxygens (including phenoxy) is 2. The van der Waals surface area contributed by atoms with E-state index in [1.807, 2.05) is 6.92 Å². The smallest absolute Gasteiger partial charge is 0.0750 e. The molecule has 0 spiro atoms. The van der Waals surface area contributed by atoms with Crippen molar-refractivity contribution in [1.82, 2.24) is 5.32 Å². The molecular formula is C10H23NO2. The Hall–Kier alpha value is -0.120. The van der Waals surface area contributed by atoms with Crippen molar-refractivity contribution in [2.45, 2.75) is 32.8 Å². The summed E-state index contributed by atoms with van der Waals surface area (Å²) in [6.07, 6.45) is 1.05. The van der Waals surface area contributed by atoms with Crippen LogP contribution in [0.1, 0.15) is 27.2 Å². The summed E-state index contributed by atoms with van der Waals surface area (Å²) in [5.74, 6) is 0. The third-order valence-corrected chi connectivity index (χ3v) is 1.79. The first-order chi connectivity index (χ1) is 6.12. The van der Waals surface area contributed by atoms with Gasteiger partial charge in [-0.1, -0.05) is 0 Å². The van der Waals surface area contributed by atoms with Gasteiger partial charge in [-0.25, -0.2) is 0 Å². The lowest BCUT2D eigenvalue weighted by Gasteiger charge is -2.24. The van der Waals surface area contributed by atoms with E-state index in [0.717, 1.165) is 32.7 Å². The predicted molar refractivity (Wildman–Crippen MR) is 55.1 cm³/mol. The molecule has 0 bridgehead atoms. The van der Waals surface area contributed by atoms with Crippen molar-refractivity contribution in [2.24, 2.45) is 0 Å². The van der Waals surface area contributed by atoms with E-state index in [0.29, 0.717) is 0 Å². The van der Waals surface area contributed by atoms with Crippen LogP contribution in [0.5, 0.6) is 0 Å². The van der Waals surface area contributed by atoms with Crippen molar-refractivity contribution < 1.29 is 9.47 Å². The quantitative estimate of drug-likeness (QED) is 0.586. The highest BCUT2D eigenvalue weighted by molar-refractivity contribution is 4.71. The Morgan fingerprint density at radius 1 is 1.31 bits per heavy atom. The first-order valence-corrected chi connectivity index (χ1v) is 4.96. The van der Waals surface area contributed by atoms with Gasteiger partial charge in [0.25, 0.3) is 0 Å².